The molecule has 0 aliphatic rings. The van der Waals surface area contributed by atoms with Gasteiger partial charge in [0.25, 0.3) is 0 Å². The SMILES string of the molecule is CCNC(CCOc1cccc(S(C)(=O)=O)c1)C(=O)O. The number of rotatable bonds is 8. The first-order valence-corrected chi connectivity index (χ1v) is 8.13. The van der Waals surface area contributed by atoms with Crippen molar-refractivity contribution in [3.8, 4) is 5.75 Å². The van der Waals surface area contributed by atoms with Crippen LogP contribution >= 0.6 is 0 Å². The van der Waals surface area contributed by atoms with E-state index in [0.717, 1.165) is 6.26 Å². The zero-order valence-electron chi connectivity index (χ0n) is 11.5. The third-order valence-electron chi connectivity index (χ3n) is 2.66. The Kier molecular flexibility index (Phi) is 5.97. The van der Waals surface area contributed by atoms with Crippen molar-refractivity contribution in [2.24, 2.45) is 0 Å². The quantitative estimate of drug-likeness (QED) is 0.742. The molecule has 0 bridgehead atoms. The minimum Gasteiger partial charge on any atom is -0.493 e. The fraction of sp³-hybridized carbons (Fsp3) is 0.462. The molecule has 0 fully saturated rings. The number of carbonyl (C=O) groups is 1. The Balaban J connectivity index is 2.60. The van der Waals surface area contributed by atoms with E-state index in [2.05, 4.69) is 5.32 Å². The summed E-state index contributed by atoms with van der Waals surface area (Å²) in [5.74, 6) is -0.520. The van der Waals surface area contributed by atoms with E-state index >= 15 is 0 Å². The molecule has 1 unspecified atom stereocenters. The maximum Gasteiger partial charge on any atom is 0.320 e. The largest absolute Gasteiger partial charge is 0.493 e. The number of carboxylic acid groups (broad SMARTS) is 1. The van der Waals surface area contributed by atoms with Gasteiger partial charge in [-0.25, -0.2) is 8.42 Å². The highest BCUT2D eigenvalue weighted by Crippen LogP contribution is 2.17. The van der Waals surface area contributed by atoms with Crippen LogP contribution in [0.25, 0.3) is 0 Å². The zero-order chi connectivity index (χ0) is 15.2. The summed E-state index contributed by atoms with van der Waals surface area (Å²) in [5, 5.41) is 11.8. The lowest BCUT2D eigenvalue weighted by Crippen LogP contribution is -2.37. The molecule has 0 heterocycles. The molecule has 0 saturated carbocycles. The topological polar surface area (TPSA) is 92.7 Å². The summed E-state index contributed by atoms with van der Waals surface area (Å²) in [6.07, 6.45) is 1.42. The molecule has 2 N–H and O–H groups in total. The van der Waals surface area contributed by atoms with Crippen molar-refractivity contribution >= 4 is 15.8 Å². The highest BCUT2D eigenvalue weighted by molar-refractivity contribution is 7.90. The average Bonchev–Trinajstić information content (AvgIpc) is 2.37. The number of nitrogens with one attached hydrogen (secondary N) is 1. The number of likely N-dealkylation sites (N-methyl/N-ethyl adjacent to an activating group) is 1. The number of hydrogen-bond donors (Lipinski definition) is 2. The molecule has 20 heavy (non-hydrogen) atoms. The van der Waals surface area contributed by atoms with Crippen LogP contribution in [-0.2, 0) is 14.6 Å². The standard InChI is InChI=1S/C13H19NO5S/c1-3-14-12(13(15)16)7-8-19-10-5-4-6-11(9-10)20(2,17)18/h4-6,9,12,14H,3,7-8H2,1-2H3,(H,15,16). The highest BCUT2D eigenvalue weighted by atomic mass is 32.2. The van der Waals surface area contributed by atoms with Crippen molar-refractivity contribution in [1.29, 1.82) is 0 Å². The fourth-order valence-corrected chi connectivity index (χ4v) is 2.30. The summed E-state index contributed by atoms with van der Waals surface area (Å²) in [5.41, 5.74) is 0. The number of sulfone groups is 1. The molecule has 7 heteroatoms. The van der Waals surface area contributed by atoms with Crippen LogP contribution in [0.2, 0.25) is 0 Å². The Hall–Kier alpha value is -1.60. The number of carboxylic acids is 1. The predicted octanol–water partition coefficient (Wildman–Crippen LogP) is 0.922. The summed E-state index contributed by atoms with van der Waals surface area (Å²) in [6, 6.07) is 5.47. The van der Waals surface area contributed by atoms with E-state index in [-0.39, 0.29) is 11.5 Å². The van der Waals surface area contributed by atoms with E-state index in [1.165, 1.54) is 12.1 Å². The Morgan fingerprint density at radius 1 is 1.45 bits per heavy atom. The molecule has 6 nitrogen and oxygen atoms in total. The van der Waals surface area contributed by atoms with Gasteiger partial charge in [-0.2, -0.15) is 0 Å². The second-order valence-electron chi connectivity index (χ2n) is 4.33. The third-order valence-corrected chi connectivity index (χ3v) is 3.77. The van der Waals surface area contributed by atoms with Crippen LogP contribution < -0.4 is 10.1 Å². The van der Waals surface area contributed by atoms with E-state index in [0.29, 0.717) is 18.7 Å². The first kappa shape index (κ1) is 16.5. The summed E-state index contributed by atoms with van der Waals surface area (Å²) >= 11 is 0. The molecule has 0 aliphatic carbocycles. The first-order chi connectivity index (χ1) is 9.34. The van der Waals surface area contributed by atoms with Crippen LogP contribution in [0.5, 0.6) is 5.75 Å². The van der Waals surface area contributed by atoms with Gasteiger partial charge in [-0.05, 0) is 24.7 Å². The maximum atomic E-state index is 11.4. The second kappa shape index (κ2) is 7.25. The van der Waals surface area contributed by atoms with Crippen LogP contribution in [0.3, 0.4) is 0 Å². The van der Waals surface area contributed by atoms with E-state index in [9.17, 15) is 13.2 Å². The number of benzene rings is 1. The molecule has 1 atom stereocenters. The molecule has 0 radical (unpaired) electrons. The zero-order valence-corrected chi connectivity index (χ0v) is 12.3. The Bertz CT molecular complexity index is 556. The molecule has 1 aromatic rings. The predicted molar refractivity (Wildman–Crippen MR) is 74.8 cm³/mol. The minimum absolute atomic E-state index is 0.177. The van der Waals surface area contributed by atoms with Crippen molar-refractivity contribution in [3.63, 3.8) is 0 Å². The van der Waals surface area contributed by atoms with Crippen LogP contribution in [0.1, 0.15) is 13.3 Å². The van der Waals surface area contributed by atoms with Crippen LogP contribution in [0, 0.1) is 0 Å². The van der Waals surface area contributed by atoms with Gasteiger partial charge in [-0.1, -0.05) is 13.0 Å². The van der Waals surface area contributed by atoms with Crippen molar-refractivity contribution in [2.45, 2.75) is 24.3 Å². The average molecular weight is 301 g/mol. The molecule has 0 saturated heterocycles. The molecular weight excluding hydrogens is 282 g/mol. The molecule has 112 valence electrons. The minimum atomic E-state index is -3.28. The van der Waals surface area contributed by atoms with Gasteiger partial charge in [0.05, 0.1) is 11.5 Å². The van der Waals surface area contributed by atoms with Gasteiger partial charge in [0, 0.05) is 12.7 Å². The number of hydrogen-bond acceptors (Lipinski definition) is 5. The highest BCUT2D eigenvalue weighted by Gasteiger charge is 2.15. The van der Waals surface area contributed by atoms with E-state index in [1.807, 2.05) is 6.92 Å². The molecule has 1 rings (SSSR count). The summed E-state index contributed by atoms with van der Waals surface area (Å²) in [6.45, 7) is 2.57. The molecule has 0 amide bonds. The number of ether oxygens (including phenoxy) is 1. The molecular formula is C13H19NO5S. The lowest BCUT2D eigenvalue weighted by atomic mass is 10.2. The second-order valence-corrected chi connectivity index (χ2v) is 6.35. The van der Waals surface area contributed by atoms with Crippen molar-refractivity contribution in [1.82, 2.24) is 5.32 Å². The van der Waals surface area contributed by atoms with Crippen molar-refractivity contribution in [2.75, 3.05) is 19.4 Å². The van der Waals surface area contributed by atoms with E-state index in [4.69, 9.17) is 9.84 Å². The smallest absolute Gasteiger partial charge is 0.320 e. The van der Waals surface area contributed by atoms with Crippen LogP contribution in [0.4, 0.5) is 0 Å². The molecule has 1 aromatic carbocycles. The van der Waals surface area contributed by atoms with E-state index in [1.54, 1.807) is 12.1 Å². The molecule has 0 spiro atoms. The summed E-state index contributed by atoms with van der Waals surface area (Å²) in [7, 11) is -3.28. The van der Waals surface area contributed by atoms with Crippen molar-refractivity contribution in [3.05, 3.63) is 24.3 Å². The lowest BCUT2D eigenvalue weighted by Gasteiger charge is -2.13. The van der Waals surface area contributed by atoms with Gasteiger partial charge in [0.2, 0.25) is 0 Å². The lowest BCUT2D eigenvalue weighted by molar-refractivity contribution is -0.139. The van der Waals surface area contributed by atoms with Crippen LogP contribution in [0.15, 0.2) is 29.2 Å². The maximum absolute atomic E-state index is 11.4. The monoisotopic (exact) mass is 301 g/mol. The number of aliphatic carboxylic acids is 1. The van der Waals surface area contributed by atoms with Gasteiger partial charge in [-0.3, -0.25) is 4.79 Å². The van der Waals surface area contributed by atoms with E-state index < -0.39 is 21.8 Å². The fourth-order valence-electron chi connectivity index (χ4n) is 1.65. The van der Waals surface area contributed by atoms with Gasteiger partial charge in [-0.15, -0.1) is 0 Å². The van der Waals surface area contributed by atoms with Gasteiger partial charge < -0.3 is 15.2 Å². The molecule has 0 aliphatic heterocycles. The summed E-state index contributed by atoms with van der Waals surface area (Å²) in [4.78, 5) is 11.1. The van der Waals surface area contributed by atoms with Gasteiger partial charge in [0.15, 0.2) is 9.84 Å². The Morgan fingerprint density at radius 2 is 2.15 bits per heavy atom. The summed E-state index contributed by atoms with van der Waals surface area (Å²) < 4.78 is 28.2. The Labute approximate surface area is 118 Å². The normalized spacial score (nSPS) is 12.9. The third kappa shape index (κ3) is 5.18. The van der Waals surface area contributed by atoms with Gasteiger partial charge >= 0.3 is 5.97 Å². The van der Waals surface area contributed by atoms with Crippen molar-refractivity contribution < 1.29 is 23.1 Å². The van der Waals surface area contributed by atoms with Crippen LogP contribution in [-0.4, -0.2) is 44.9 Å². The Morgan fingerprint density at radius 3 is 2.70 bits per heavy atom. The van der Waals surface area contributed by atoms with Gasteiger partial charge in [0.1, 0.15) is 11.8 Å². The molecule has 0 aromatic heterocycles. The first-order valence-electron chi connectivity index (χ1n) is 6.23.